The van der Waals surface area contributed by atoms with Crippen LogP contribution in [0, 0.1) is 27.7 Å². The van der Waals surface area contributed by atoms with E-state index < -0.39 is 11.9 Å². The summed E-state index contributed by atoms with van der Waals surface area (Å²) in [5.74, 6) is -0.170. The van der Waals surface area contributed by atoms with Crippen LogP contribution >= 0.6 is 0 Å². The lowest BCUT2D eigenvalue weighted by atomic mass is 9.92. The Hall–Kier alpha value is -2.91. The number of alkyl halides is 3. The molecule has 1 aliphatic heterocycles. The van der Waals surface area contributed by atoms with E-state index in [9.17, 15) is 18.0 Å². The molecule has 1 amide bonds. The normalized spacial score (nSPS) is 15.8. The highest BCUT2D eigenvalue weighted by molar-refractivity contribution is 5.76. The number of carbonyl (C=O) groups excluding carboxylic acids is 1. The van der Waals surface area contributed by atoms with Gasteiger partial charge in [-0.3, -0.25) is 9.48 Å². The van der Waals surface area contributed by atoms with E-state index in [1.54, 1.807) is 22.6 Å². The van der Waals surface area contributed by atoms with Crippen molar-refractivity contribution in [2.75, 3.05) is 13.1 Å². The van der Waals surface area contributed by atoms with E-state index in [2.05, 4.69) is 15.2 Å². The fraction of sp³-hybridized carbons (Fsp3) is 0.524. The third-order valence-corrected chi connectivity index (χ3v) is 6.15. The van der Waals surface area contributed by atoms with E-state index in [-0.39, 0.29) is 24.0 Å². The quantitative estimate of drug-likeness (QED) is 0.632. The van der Waals surface area contributed by atoms with Crippen LogP contribution in [-0.4, -0.2) is 48.3 Å². The summed E-state index contributed by atoms with van der Waals surface area (Å²) in [6, 6.07) is 2.65. The topological polar surface area (TPSA) is 68.3 Å². The minimum absolute atomic E-state index is 0.0325. The second-order valence-electron chi connectivity index (χ2n) is 8.23. The van der Waals surface area contributed by atoms with Gasteiger partial charge in [-0.1, -0.05) is 0 Å². The fourth-order valence-electron chi connectivity index (χ4n) is 4.11. The smallest absolute Gasteiger partial charge is 0.341 e. The summed E-state index contributed by atoms with van der Waals surface area (Å²) in [6.45, 7) is 8.60. The number of hydrogen-bond donors (Lipinski definition) is 0. The van der Waals surface area contributed by atoms with Crippen LogP contribution in [0.4, 0.5) is 13.2 Å². The molecule has 0 spiro atoms. The average Bonchev–Trinajstić information content (AvgIpc) is 3.20. The maximum absolute atomic E-state index is 13.6. The fourth-order valence-corrected chi connectivity index (χ4v) is 4.11. The number of amides is 1. The molecule has 0 aromatic carbocycles. The molecule has 4 rings (SSSR count). The molecule has 166 valence electrons. The standard InChI is InChI=1S/C21H25F3N6O/c1-12-9-19-25-17(10-18(21(22,23)24)30(19)26-12)16-5-7-28(8-6-16)20(31)11-29-15(4)13(2)14(3)27-29/h9-10,16H,5-8,11H2,1-4H3. The van der Waals surface area contributed by atoms with Gasteiger partial charge >= 0.3 is 6.18 Å². The summed E-state index contributed by atoms with van der Waals surface area (Å²) in [7, 11) is 0. The number of hydrogen-bond acceptors (Lipinski definition) is 4. The number of fused-ring (bicyclic) bond motifs is 1. The Kier molecular flexibility index (Phi) is 5.26. The van der Waals surface area contributed by atoms with Crippen LogP contribution in [0.15, 0.2) is 12.1 Å². The predicted octanol–water partition coefficient (Wildman–Crippen LogP) is 3.58. The van der Waals surface area contributed by atoms with Gasteiger partial charge in [-0.25, -0.2) is 9.50 Å². The van der Waals surface area contributed by atoms with Gasteiger partial charge in [0.1, 0.15) is 12.2 Å². The van der Waals surface area contributed by atoms with Crippen LogP contribution in [-0.2, 0) is 17.5 Å². The van der Waals surface area contributed by atoms with E-state index in [0.29, 0.717) is 37.3 Å². The molecular weight excluding hydrogens is 409 g/mol. The molecule has 3 aromatic heterocycles. The summed E-state index contributed by atoms with van der Waals surface area (Å²) in [4.78, 5) is 18.9. The maximum atomic E-state index is 13.6. The van der Waals surface area contributed by atoms with Gasteiger partial charge in [0.2, 0.25) is 5.91 Å². The molecule has 0 bridgehead atoms. The molecule has 31 heavy (non-hydrogen) atoms. The van der Waals surface area contributed by atoms with E-state index >= 15 is 0 Å². The van der Waals surface area contributed by atoms with Crippen LogP contribution in [0.25, 0.3) is 5.65 Å². The highest BCUT2D eigenvalue weighted by Gasteiger charge is 2.36. The SMILES string of the molecule is Cc1cc2nc(C3CCN(C(=O)Cn4nc(C)c(C)c4C)CC3)cc(C(F)(F)F)n2n1. The number of aryl methyl sites for hydroxylation is 2. The number of likely N-dealkylation sites (tertiary alicyclic amines) is 1. The van der Waals surface area contributed by atoms with Crippen molar-refractivity contribution in [2.24, 2.45) is 0 Å². The first-order valence-electron chi connectivity index (χ1n) is 10.3. The molecule has 0 unspecified atom stereocenters. The summed E-state index contributed by atoms with van der Waals surface area (Å²) >= 11 is 0. The second kappa shape index (κ2) is 7.65. The van der Waals surface area contributed by atoms with Crippen molar-refractivity contribution < 1.29 is 18.0 Å². The summed E-state index contributed by atoms with van der Waals surface area (Å²) < 4.78 is 43.3. The lowest BCUT2D eigenvalue weighted by Crippen LogP contribution is -2.40. The molecule has 0 aliphatic carbocycles. The Labute approximate surface area is 177 Å². The molecule has 10 heteroatoms. The molecule has 0 atom stereocenters. The number of piperidine rings is 1. The molecule has 1 fully saturated rings. The lowest BCUT2D eigenvalue weighted by molar-refractivity contribution is -0.142. The number of rotatable bonds is 3. The van der Waals surface area contributed by atoms with Crippen LogP contribution in [0.2, 0.25) is 0 Å². The van der Waals surface area contributed by atoms with Crippen LogP contribution in [0.1, 0.15) is 52.8 Å². The van der Waals surface area contributed by atoms with Gasteiger partial charge in [0.15, 0.2) is 5.65 Å². The van der Waals surface area contributed by atoms with Crippen LogP contribution < -0.4 is 0 Å². The van der Waals surface area contributed by atoms with Crippen molar-refractivity contribution in [3.05, 3.63) is 46.2 Å². The third kappa shape index (κ3) is 4.03. The molecule has 0 N–H and O–H groups in total. The first-order chi connectivity index (χ1) is 14.5. The number of halogens is 3. The molecular formula is C21H25F3N6O. The first kappa shape index (κ1) is 21.3. The first-order valence-corrected chi connectivity index (χ1v) is 10.3. The van der Waals surface area contributed by atoms with Crippen molar-refractivity contribution >= 4 is 11.6 Å². The lowest BCUT2D eigenvalue weighted by Gasteiger charge is -2.32. The molecule has 7 nitrogen and oxygen atoms in total. The second-order valence-corrected chi connectivity index (χ2v) is 8.23. The van der Waals surface area contributed by atoms with Gasteiger partial charge in [-0.2, -0.15) is 23.4 Å². The highest BCUT2D eigenvalue weighted by Crippen LogP contribution is 2.34. The van der Waals surface area contributed by atoms with E-state index in [4.69, 9.17) is 0 Å². The van der Waals surface area contributed by atoms with E-state index in [1.807, 2.05) is 20.8 Å². The molecule has 3 aromatic rings. The van der Waals surface area contributed by atoms with Gasteiger partial charge < -0.3 is 4.90 Å². The van der Waals surface area contributed by atoms with Crippen molar-refractivity contribution in [3.63, 3.8) is 0 Å². The Morgan fingerprint density at radius 1 is 1.10 bits per heavy atom. The number of carbonyl (C=O) groups is 1. The third-order valence-electron chi connectivity index (χ3n) is 6.15. The van der Waals surface area contributed by atoms with Crippen LogP contribution in [0.5, 0.6) is 0 Å². The van der Waals surface area contributed by atoms with E-state index in [1.165, 1.54) is 0 Å². The minimum Gasteiger partial charge on any atom is -0.341 e. The summed E-state index contributed by atoms with van der Waals surface area (Å²) in [6.07, 6.45) is -3.39. The Morgan fingerprint density at radius 3 is 2.35 bits per heavy atom. The maximum Gasteiger partial charge on any atom is 0.433 e. The minimum atomic E-state index is -4.52. The van der Waals surface area contributed by atoms with Crippen molar-refractivity contribution in [3.8, 4) is 0 Å². The zero-order chi connectivity index (χ0) is 22.5. The molecule has 4 heterocycles. The summed E-state index contributed by atoms with van der Waals surface area (Å²) in [5.41, 5.74) is 3.20. The number of nitrogens with zero attached hydrogens (tertiary/aromatic N) is 6. The molecule has 0 radical (unpaired) electrons. The number of aromatic nitrogens is 5. The predicted molar refractivity (Wildman–Crippen MR) is 108 cm³/mol. The Morgan fingerprint density at radius 2 is 1.77 bits per heavy atom. The van der Waals surface area contributed by atoms with Gasteiger partial charge in [-0.05, 0) is 52.2 Å². The Balaban J connectivity index is 1.49. The average molecular weight is 434 g/mol. The van der Waals surface area contributed by atoms with Gasteiger partial charge in [0.25, 0.3) is 0 Å². The van der Waals surface area contributed by atoms with Crippen molar-refractivity contribution in [2.45, 2.75) is 59.2 Å². The van der Waals surface area contributed by atoms with Gasteiger partial charge in [0, 0.05) is 36.5 Å². The van der Waals surface area contributed by atoms with Crippen LogP contribution in [0.3, 0.4) is 0 Å². The van der Waals surface area contributed by atoms with Crippen molar-refractivity contribution in [1.29, 1.82) is 0 Å². The highest BCUT2D eigenvalue weighted by atomic mass is 19.4. The monoisotopic (exact) mass is 434 g/mol. The Bertz CT molecular complexity index is 1140. The van der Waals surface area contributed by atoms with Gasteiger partial charge in [0.05, 0.1) is 11.4 Å². The zero-order valence-electron chi connectivity index (χ0n) is 18.0. The molecule has 0 saturated carbocycles. The molecule has 1 aliphatic rings. The van der Waals surface area contributed by atoms with Gasteiger partial charge in [-0.15, -0.1) is 0 Å². The van der Waals surface area contributed by atoms with E-state index in [0.717, 1.165) is 27.5 Å². The zero-order valence-corrected chi connectivity index (χ0v) is 18.0. The summed E-state index contributed by atoms with van der Waals surface area (Å²) in [5, 5.41) is 8.34. The molecule has 1 saturated heterocycles. The van der Waals surface area contributed by atoms with Crippen molar-refractivity contribution in [1.82, 2.24) is 29.3 Å². The largest absolute Gasteiger partial charge is 0.433 e.